The van der Waals surface area contributed by atoms with Crippen molar-refractivity contribution in [3.05, 3.63) is 4.91 Å². The Hall–Kier alpha value is -0.910. The summed E-state index contributed by atoms with van der Waals surface area (Å²) in [5.41, 5.74) is 1.06. The maximum Gasteiger partial charge on any atom is 0.209 e. The maximum atomic E-state index is 10.2. The molecule has 17 heavy (non-hydrogen) atoms. The van der Waals surface area contributed by atoms with Gasteiger partial charge in [-0.05, 0) is 13.3 Å². The molecule has 0 spiro atoms. The molecule has 1 aliphatic heterocycles. The Bertz CT molecular complexity index is 304. The van der Waals surface area contributed by atoms with E-state index in [1.54, 1.807) is 5.01 Å². The molecule has 0 amide bonds. The fraction of sp³-hybridized carbons (Fsp3) is 0.818. The van der Waals surface area contributed by atoms with Gasteiger partial charge in [0, 0.05) is 18.0 Å². The van der Waals surface area contributed by atoms with Crippen LogP contribution in [-0.2, 0) is 0 Å². The summed E-state index contributed by atoms with van der Waals surface area (Å²) in [6, 6.07) is 0. The van der Waals surface area contributed by atoms with Gasteiger partial charge in [-0.25, -0.2) is 5.01 Å². The molecule has 5 nitrogen and oxygen atoms in total. The van der Waals surface area contributed by atoms with Crippen molar-refractivity contribution >= 4 is 22.6 Å². The second-order valence-electron chi connectivity index (χ2n) is 4.13. The minimum Gasteiger partial charge on any atom is -0.241 e. The average molecular weight is 256 g/mol. The zero-order chi connectivity index (χ0) is 12.5. The number of hydrazone groups is 1. The number of rotatable bonds is 7. The van der Waals surface area contributed by atoms with E-state index in [9.17, 15) is 4.91 Å². The third-order valence-corrected chi connectivity index (χ3v) is 3.63. The third-order valence-electron chi connectivity index (χ3n) is 2.52. The van der Waals surface area contributed by atoms with Crippen molar-refractivity contribution in [3.8, 4) is 0 Å². The Kier molecular flexibility index (Phi) is 6.84. The normalized spacial score (nSPS) is 18.4. The molecule has 6 heteroatoms. The lowest BCUT2D eigenvalue weighted by atomic mass is 10.1. The van der Waals surface area contributed by atoms with E-state index in [-0.39, 0.29) is 0 Å². The molecular formula is C11H20N4OS. The fourth-order valence-electron chi connectivity index (χ4n) is 1.65. The smallest absolute Gasteiger partial charge is 0.209 e. The Balaban J connectivity index is 2.39. The molecule has 0 saturated carbocycles. The quantitative estimate of drug-likeness (QED) is 0.398. The summed E-state index contributed by atoms with van der Waals surface area (Å²) in [6.45, 7) is 5.01. The van der Waals surface area contributed by atoms with Crippen molar-refractivity contribution in [1.82, 2.24) is 5.01 Å². The molecule has 0 radical (unpaired) electrons. The molecule has 0 aromatic heterocycles. The van der Waals surface area contributed by atoms with Crippen LogP contribution in [0, 0.1) is 4.91 Å². The summed E-state index contributed by atoms with van der Waals surface area (Å²) in [7, 11) is 0. The van der Waals surface area contributed by atoms with Crippen LogP contribution in [-0.4, -0.2) is 28.2 Å². The van der Waals surface area contributed by atoms with Crippen molar-refractivity contribution < 1.29 is 0 Å². The number of hydrogen-bond donors (Lipinski definition) is 0. The number of thioether (sulfide) groups is 1. The lowest BCUT2D eigenvalue weighted by Gasteiger charge is -2.23. The molecule has 0 saturated heterocycles. The first kappa shape index (κ1) is 14.2. The zero-order valence-corrected chi connectivity index (χ0v) is 11.4. The predicted octanol–water partition coefficient (Wildman–Crippen LogP) is 3.42. The van der Waals surface area contributed by atoms with Gasteiger partial charge in [-0.3, -0.25) is 0 Å². The Labute approximate surface area is 107 Å². The van der Waals surface area contributed by atoms with Crippen LogP contribution in [0.15, 0.2) is 15.5 Å². The molecule has 0 fully saturated rings. The molecule has 96 valence electrons. The van der Waals surface area contributed by atoms with Crippen molar-refractivity contribution in [2.24, 2.45) is 15.5 Å². The van der Waals surface area contributed by atoms with E-state index in [0.29, 0.717) is 5.17 Å². The second-order valence-corrected chi connectivity index (χ2v) is 5.07. The van der Waals surface area contributed by atoms with Crippen molar-refractivity contribution in [2.45, 2.75) is 46.0 Å². The molecule has 0 aliphatic carbocycles. The molecule has 0 unspecified atom stereocenters. The van der Waals surface area contributed by atoms with E-state index in [4.69, 9.17) is 0 Å². The highest BCUT2D eigenvalue weighted by Gasteiger charge is 2.17. The highest BCUT2D eigenvalue weighted by molar-refractivity contribution is 8.14. The van der Waals surface area contributed by atoms with Gasteiger partial charge < -0.3 is 0 Å². The third kappa shape index (κ3) is 5.30. The van der Waals surface area contributed by atoms with Gasteiger partial charge in [-0.15, -0.1) is 4.91 Å². The van der Waals surface area contributed by atoms with Crippen molar-refractivity contribution in [2.75, 3.05) is 12.3 Å². The van der Waals surface area contributed by atoms with Crippen LogP contribution in [0.1, 0.15) is 46.0 Å². The summed E-state index contributed by atoms with van der Waals surface area (Å²) < 4.78 is 0. The average Bonchev–Trinajstić information content (AvgIpc) is 2.32. The van der Waals surface area contributed by atoms with E-state index in [1.807, 2.05) is 6.92 Å². The summed E-state index contributed by atoms with van der Waals surface area (Å²) in [5, 5.41) is 13.0. The molecule has 0 aromatic carbocycles. The van der Waals surface area contributed by atoms with Crippen LogP contribution in [0.4, 0.5) is 0 Å². The topological polar surface area (TPSA) is 57.4 Å². The zero-order valence-electron chi connectivity index (χ0n) is 10.6. The van der Waals surface area contributed by atoms with Gasteiger partial charge in [0.25, 0.3) is 0 Å². The molecule has 0 bridgehead atoms. The van der Waals surface area contributed by atoms with Gasteiger partial charge in [-0.1, -0.05) is 49.5 Å². The number of unbranched alkanes of at least 4 members (excludes halogenated alkanes) is 4. The van der Waals surface area contributed by atoms with Gasteiger partial charge in [0.15, 0.2) is 0 Å². The summed E-state index contributed by atoms with van der Waals surface area (Å²) in [5.74, 6) is 0.792. The first-order valence-corrected chi connectivity index (χ1v) is 7.11. The van der Waals surface area contributed by atoms with Crippen molar-refractivity contribution in [1.29, 1.82) is 0 Å². The molecule has 0 aromatic rings. The monoisotopic (exact) mass is 256 g/mol. The van der Waals surface area contributed by atoms with Crippen LogP contribution in [0.2, 0.25) is 0 Å². The number of hydrogen-bond acceptors (Lipinski definition) is 4. The van der Waals surface area contributed by atoms with Gasteiger partial charge in [-0.2, -0.15) is 5.10 Å². The molecule has 1 rings (SSSR count). The van der Waals surface area contributed by atoms with Gasteiger partial charge in [0.05, 0.1) is 5.29 Å². The summed E-state index contributed by atoms with van der Waals surface area (Å²) in [4.78, 5) is 10.2. The molecule has 0 atom stereocenters. The second kappa shape index (κ2) is 8.22. The van der Waals surface area contributed by atoms with E-state index < -0.39 is 0 Å². The summed E-state index contributed by atoms with van der Waals surface area (Å²) >= 11 is 1.52. The van der Waals surface area contributed by atoms with Crippen LogP contribution in [0.5, 0.6) is 0 Å². The minimum absolute atomic E-state index is 0.626. The Morgan fingerprint density at radius 1 is 1.35 bits per heavy atom. The number of nitrogens with zero attached hydrogens (tertiary/aromatic N) is 4. The van der Waals surface area contributed by atoms with E-state index in [1.165, 1.54) is 37.4 Å². The van der Waals surface area contributed by atoms with Crippen LogP contribution < -0.4 is 0 Å². The first-order valence-electron chi connectivity index (χ1n) is 6.12. The SMILES string of the molecule is CCCCCCCN1N=C(C)CS/C1=N/N=O. The number of amidine groups is 1. The van der Waals surface area contributed by atoms with Gasteiger partial charge in [0.1, 0.15) is 0 Å². The standard InChI is InChI=1S/C11H20N4OS/c1-3-4-5-6-7-8-15-11(12-14-16)17-9-10(2)13-15/h3-9H2,1-2H3/b12-11+. The summed E-state index contributed by atoms with van der Waals surface area (Å²) in [6.07, 6.45) is 6.08. The van der Waals surface area contributed by atoms with E-state index >= 15 is 0 Å². The molecular weight excluding hydrogens is 236 g/mol. The lowest BCUT2D eigenvalue weighted by Crippen LogP contribution is -2.30. The largest absolute Gasteiger partial charge is 0.241 e. The van der Waals surface area contributed by atoms with Crippen molar-refractivity contribution in [3.63, 3.8) is 0 Å². The minimum atomic E-state index is 0.626. The molecule has 1 heterocycles. The predicted molar refractivity (Wildman–Crippen MR) is 74.3 cm³/mol. The van der Waals surface area contributed by atoms with E-state index in [2.05, 4.69) is 22.4 Å². The first-order chi connectivity index (χ1) is 8.27. The highest BCUT2D eigenvalue weighted by Crippen LogP contribution is 2.17. The van der Waals surface area contributed by atoms with Gasteiger partial charge in [0.2, 0.25) is 5.17 Å². The van der Waals surface area contributed by atoms with Crippen LogP contribution >= 0.6 is 11.8 Å². The van der Waals surface area contributed by atoms with Crippen LogP contribution in [0.3, 0.4) is 0 Å². The lowest BCUT2D eigenvalue weighted by molar-refractivity contribution is 0.425. The number of nitroso groups, excluding NO2 is 1. The molecule has 0 N–H and O–H groups in total. The maximum absolute atomic E-state index is 10.2. The fourth-order valence-corrected chi connectivity index (χ4v) is 2.42. The molecule has 1 aliphatic rings. The highest BCUT2D eigenvalue weighted by atomic mass is 32.2. The Morgan fingerprint density at radius 2 is 2.12 bits per heavy atom. The van der Waals surface area contributed by atoms with Crippen LogP contribution in [0.25, 0.3) is 0 Å². The van der Waals surface area contributed by atoms with E-state index in [0.717, 1.165) is 24.4 Å². The Morgan fingerprint density at radius 3 is 2.82 bits per heavy atom. The van der Waals surface area contributed by atoms with Gasteiger partial charge >= 0.3 is 0 Å².